The average Bonchev–Trinajstić information content (AvgIpc) is 2.46. The average molecular weight is 337 g/mol. The number of carbonyl (C=O) groups is 1. The predicted octanol–water partition coefficient (Wildman–Crippen LogP) is 4.43. The van der Waals surface area contributed by atoms with Gasteiger partial charge < -0.3 is 4.74 Å². The van der Waals surface area contributed by atoms with E-state index in [1.807, 2.05) is 36.4 Å². The van der Waals surface area contributed by atoms with Crippen molar-refractivity contribution in [2.45, 2.75) is 4.90 Å². The second-order valence-corrected chi connectivity index (χ2v) is 5.71. The van der Waals surface area contributed by atoms with Crippen LogP contribution in [0.4, 0.5) is 0 Å². The zero-order valence-electron chi connectivity index (χ0n) is 10.4. The number of benzene rings is 2. The predicted molar refractivity (Wildman–Crippen MR) is 82.2 cm³/mol. The lowest BCUT2D eigenvalue weighted by molar-refractivity contribution is 0.101. The third-order valence-corrected chi connectivity index (χ3v) is 4.63. The Morgan fingerprint density at radius 2 is 1.84 bits per heavy atom. The second-order valence-electron chi connectivity index (χ2n) is 3.84. The standard InChI is InChI=1S/C15H13BrO2S/c1-18-14-8-4-2-6-11(14)13(17)10-19-15-9-5-3-7-12(15)16/h2-9H,10H2,1H3. The first-order chi connectivity index (χ1) is 9.22. The zero-order chi connectivity index (χ0) is 13.7. The fourth-order valence-electron chi connectivity index (χ4n) is 1.66. The molecule has 0 radical (unpaired) electrons. The molecule has 0 N–H and O–H groups in total. The van der Waals surface area contributed by atoms with Crippen LogP contribution >= 0.6 is 27.7 Å². The fraction of sp³-hybridized carbons (Fsp3) is 0.133. The van der Waals surface area contributed by atoms with Gasteiger partial charge in [0, 0.05) is 9.37 Å². The largest absolute Gasteiger partial charge is 0.496 e. The van der Waals surface area contributed by atoms with Gasteiger partial charge in [-0.1, -0.05) is 24.3 Å². The summed E-state index contributed by atoms with van der Waals surface area (Å²) in [7, 11) is 1.58. The van der Waals surface area contributed by atoms with Crippen molar-refractivity contribution in [1.29, 1.82) is 0 Å². The van der Waals surface area contributed by atoms with Gasteiger partial charge in [0.05, 0.1) is 18.4 Å². The maximum Gasteiger partial charge on any atom is 0.176 e. The van der Waals surface area contributed by atoms with Crippen LogP contribution in [0, 0.1) is 0 Å². The molecule has 0 aliphatic rings. The molecule has 0 amide bonds. The number of ketones is 1. The van der Waals surface area contributed by atoms with Crippen LogP contribution in [0.3, 0.4) is 0 Å². The summed E-state index contributed by atoms with van der Waals surface area (Å²) in [4.78, 5) is 13.3. The summed E-state index contributed by atoms with van der Waals surface area (Å²) >= 11 is 4.99. The molecule has 0 unspecified atom stereocenters. The van der Waals surface area contributed by atoms with Crippen molar-refractivity contribution in [1.82, 2.24) is 0 Å². The van der Waals surface area contributed by atoms with Gasteiger partial charge in [0.15, 0.2) is 5.78 Å². The normalized spacial score (nSPS) is 10.2. The number of thioether (sulfide) groups is 1. The van der Waals surface area contributed by atoms with Crippen molar-refractivity contribution in [2.24, 2.45) is 0 Å². The molecule has 0 aliphatic heterocycles. The Bertz CT molecular complexity index is 584. The Morgan fingerprint density at radius 3 is 2.58 bits per heavy atom. The summed E-state index contributed by atoms with van der Waals surface area (Å²) in [6, 6.07) is 15.2. The summed E-state index contributed by atoms with van der Waals surface area (Å²) in [5.74, 6) is 1.08. The van der Waals surface area contributed by atoms with E-state index in [4.69, 9.17) is 4.74 Å². The lowest BCUT2D eigenvalue weighted by atomic mass is 10.1. The molecule has 0 saturated heterocycles. The zero-order valence-corrected chi connectivity index (χ0v) is 12.8. The highest BCUT2D eigenvalue weighted by Crippen LogP contribution is 2.28. The van der Waals surface area contributed by atoms with Crippen LogP contribution in [0.2, 0.25) is 0 Å². The Kier molecular flexibility index (Phi) is 5.05. The first-order valence-corrected chi connectivity index (χ1v) is 7.54. The van der Waals surface area contributed by atoms with Crippen molar-refractivity contribution < 1.29 is 9.53 Å². The van der Waals surface area contributed by atoms with Crippen LogP contribution < -0.4 is 4.74 Å². The molecular weight excluding hydrogens is 324 g/mol. The molecule has 2 nitrogen and oxygen atoms in total. The van der Waals surface area contributed by atoms with Gasteiger partial charge in [-0.2, -0.15) is 0 Å². The van der Waals surface area contributed by atoms with Crippen LogP contribution in [-0.4, -0.2) is 18.6 Å². The van der Waals surface area contributed by atoms with Crippen LogP contribution in [0.25, 0.3) is 0 Å². The van der Waals surface area contributed by atoms with Crippen LogP contribution in [-0.2, 0) is 0 Å². The molecule has 4 heteroatoms. The Balaban J connectivity index is 2.08. The van der Waals surface area contributed by atoms with E-state index in [-0.39, 0.29) is 5.78 Å². The summed E-state index contributed by atoms with van der Waals surface area (Å²) < 4.78 is 6.21. The van der Waals surface area contributed by atoms with Crippen molar-refractivity contribution in [3.05, 3.63) is 58.6 Å². The Hall–Kier alpha value is -1.26. The second kappa shape index (κ2) is 6.78. The van der Waals surface area contributed by atoms with Gasteiger partial charge in [-0.3, -0.25) is 4.79 Å². The van der Waals surface area contributed by atoms with E-state index >= 15 is 0 Å². The third-order valence-electron chi connectivity index (χ3n) is 2.60. The highest BCUT2D eigenvalue weighted by molar-refractivity contribution is 9.10. The summed E-state index contributed by atoms with van der Waals surface area (Å²) in [6.07, 6.45) is 0. The number of rotatable bonds is 5. The Morgan fingerprint density at radius 1 is 1.16 bits per heavy atom. The van der Waals surface area contributed by atoms with Crippen LogP contribution in [0.15, 0.2) is 57.9 Å². The van der Waals surface area contributed by atoms with Crippen molar-refractivity contribution in [3.63, 3.8) is 0 Å². The topological polar surface area (TPSA) is 26.3 Å². The quantitative estimate of drug-likeness (QED) is 0.596. The highest BCUT2D eigenvalue weighted by atomic mass is 79.9. The number of hydrogen-bond acceptors (Lipinski definition) is 3. The SMILES string of the molecule is COc1ccccc1C(=O)CSc1ccccc1Br. The number of methoxy groups -OCH3 is 1. The van der Waals surface area contributed by atoms with Gasteiger partial charge in [-0.15, -0.1) is 11.8 Å². The summed E-state index contributed by atoms with van der Waals surface area (Å²) in [5, 5.41) is 0. The Labute approximate surface area is 125 Å². The fourth-order valence-corrected chi connectivity index (χ4v) is 3.11. The van der Waals surface area contributed by atoms with E-state index in [9.17, 15) is 4.79 Å². The monoisotopic (exact) mass is 336 g/mol. The molecule has 98 valence electrons. The van der Waals surface area contributed by atoms with Crippen LogP contribution in [0.1, 0.15) is 10.4 Å². The molecule has 0 aromatic heterocycles. The summed E-state index contributed by atoms with van der Waals surface area (Å²) in [6.45, 7) is 0. The van der Waals surface area contributed by atoms with E-state index in [1.54, 1.807) is 19.2 Å². The summed E-state index contributed by atoms with van der Waals surface area (Å²) in [5.41, 5.74) is 0.629. The molecule has 0 aliphatic carbocycles. The van der Waals surface area contributed by atoms with Crippen LogP contribution in [0.5, 0.6) is 5.75 Å². The number of Topliss-reactive ketones (excluding diaryl/α,β-unsaturated/α-hetero) is 1. The van der Waals surface area contributed by atoms with Crippen molar-refractivity contribution >= 4 is 33.5 Å². The van der Waals surface area contributed by atoms with E-state index in [0.29, 0.717) is 17.1 Å². The minimum Gasteiger partial charge on any atom is -0.496 e. The smallest absolute Gasteiger partial charge is 0.176 e. The maximum absolute atomic E-state index is 12.2. The molecular formula is C15H13BrO2S. The third kappa shape index (κ3) is 3.61. The van der Waals surface area contributed by atoms with Gasteiger partial charge in [0.25, 0.3) is 0 Å². The van der Waals surface area contributed by atoms with Crippen molar-refractivity contribution in [3.8, 4) is 5.75 Å². The highest BCUT2D eigenvalue weighted by Gasteiger charge is 2.12. The van der Waals surface area contributed by atoms with Gasteiger partial charge in [-0.05, 0) is 40.2 Å². The van der Waals surface area contributed by atoms with E-state index in [1.165, 1.54) is 11.8 Å². The lowest BCUT2D eigenvalue weighted by Gasteiger charge is -2.07. The number of carbonyl (C=O) groups excluding carboxylic acids is 1. The number of ether oxygens (including phenoxy) is 1. The minimum absolute atomic E-state index is 0.0678. The molecule has 19 heavy (non-hydrogen) atoms. The van der Waals surface area contributed by atoms with E-state index in [0.717, 1.165) is 9.37 Å². The molecule has 0 heterocycles. The number of para-hydroxylation sites is 1. The molecule has 0 atom stereocenters. The molecule has 0 saturated carbocycles. The number of hydrogen-bond donors (Lipinski definition) is 0. The van der Waals surface area contributed by atoms with Crippen molar-refractivity contribution in [2.75, 3.05) is 12.9 Å². The molecule has 2 rings (SSSR count). The van der Waals surface area contributed by atoms with Gasteiger partial charge in [0.2, 0.25) is 0 Å². The first kappa shape index (κ1) is 14.2. The minimum atomic E-state index is 0.0678. The molecule has 0 bridgehead atoms. The lowest BCUT2D eigenvalue weighted by Crippen LogP contribution is -2.04. The molecule has 2 aromatic carbocycles. The van der Waals surface area contributed by atoms with E-state index in [2.05, 4.69) is 15.9 Å². The molecule has 0 spiro atoms. The maximum atomic E-state index is 12.2. The van der Waals surface area contributed by atoms with Gasteiger partial charge >= 0.3 is 0 Å². The first-order valence-electron chi connectivity index (χ1n) is 5.76. The molecule has 2 aromatic rings. The van der Waals surface area contributed by atoms with Gasteiger partial charge in [0.1, 0.15) is 5.75 Å². The van der Waals surface area contributed by atoms with Gasteiger partial charge in [-0.25, -0.2) is 0 Å². The van der Waals surface area contributed by atoms with E-state index < -0.39 is 0 Å². The molecule has 0 fully saturated rings. The number of halogens is 1.